The first-order chi connectivity index (χ1) is 9.97. The quantitative estimate of drug-likeness (QED) is 0.869. The van der Waals surface area contributed by atoms with Crippen molar-refractivity contribution in [2.45, 2.75) is 77.5 Å². The van der Waals surface area contributed by atoms with Crippen LogP contribution in [0.2, 0.25) is 0 Å². The molecule has 3 atom stereocenters. The third-order valence-electron chi connectivity index (χ3n) is 6.32. The van der Waals surface area contributed by atoms with E-state index in [-0.39, 0.29) is 0 Å². The van der Waals surface area contributed by atoms with Crippen LogP contribution < -0.4 is 5.73 Å². The van der Waals surface area contributed by atoms with Crippen LogP contribution in [0.5, 0.6) is 0 Å². The Morgan fingerprint density at radius 2 is 1.57 bits per heavy atom. The highest BCUT2D eigenvalue weighted by atomic mass is 16.5. The van der Waals surface area contributed by atoms with Crippen LogP contribution in [-0.2, 0) is 4.74 Å². The fourth-order valence-corrected chi connectivity index (χ4v) is 4.93. The first-order valence-corrected chi connectivity index (χ1v) is 9.07. The average Bonchev–Trinajstić information content (AvgIpc) is 2.78. The number of ether oxygens (including phenoxy) is 1. The summed E-state index contributed by atoms with van der Waals surface area (Å²) in [7, 11) is 0. The maximum atomic E-state index is 6.18. The Balaban J connectivity index is 1.57. The molecule has 2 saturated heterocycles. The lowest BCUT2D eigenvalue weighted by Crippen LogP contribution is -2.54. The molecule has 0 aromatic heterocycles. The largest absolute Gasteiger partial charge is 0.372 e. The van der Waals surface area contributed by atoms with Crippen molar-refractivity contribution in [2.75, 3.05) is 19.6 Å². The van der Waals surface area contributed by atoms with Gasteiger partial charge in [0, 0.05) is 25.7 Å². The van der Waals surface area contributed by atoms with Crippen LogP contribution in [0.3, 0.4) is 0 Å². The molecule has 0 radical (unpaired) electrons. The van der Waals surface area contributed by atoms with Gasteiger partial charge >= 0.3 is 0 Å². The number of nitrogens with two attached hydrogens (primary N) is 1. The Hall–Kier alpha value is -0.120. The monoisotopic (exact) mass is 294 g/mol. The number of hydrogen-bond acceptors (Lipinski definition) is 3. The van der Waals surface area contributed by atoms with Crippen LogP contribution in [0, 0.1) is 17.3 Å². The summed E-state index contributed by atoms with van der Waals surface area (Å²) in [6.07, 6.45) is 9.02. The Kier molecular flexibility index (Phi) is 4.63. The highest BCUT2D eigenvalue weighted by molar-refractivity contribution is 4.93. The molecule has 21 heavy (non-hydrogen) atoms. The third kappa shape index (κ3) is 3.46. The predicted molar refractivity (Wildman–Crippen MR) is 87.2 cm³/mol. The Labute approximate surface area is 130 Å². The van der Waals surface area contributed by atoms with Crippen molar-refractivity contribution in [3.8, 4) is 0 Å². The highest BCUT2D eigenvalue weighted by Crippen LogP contribution is 2.42. The lowest BCUT2D eigenvalue weighted by atomic mass is 9.68. The van der Waals surface area contributed by atoms with Gasteiger partial charge in [0.2, 0.25) is 0 Å². The van der Waals surface area contributed by atoms with Crippen molar-refractivity contribution in [3.63, 3.8) is 0 Å². The molecule has 0 spiro atoms. The summed E-state index contributed by atoms with van der Waals surface area (Å²) in [6, 6.07) is 0.595. The van der Waals surface area contributed by atoms with Crippen molar-refractivity contribution in [1.82, 2.24) is 4.90 Å². The molecule has 0 aromatic carbocycles. The van der Waals surface area contributed by atoms with Gasteiger partial charge in [-0.2, -0.15) is 0 Å². The fraction of sp³-hybridized carbons (Fsp3) is 1.00. The lowest BCUT2D eigenvalue weighted by molar-refractivity contribution is -0.0637. The summed E-state index contributed by atoms with van der Waals surface area (Å²) < 4.78 is 5.99. The number of likely N-dealkylation sites (tertiary alicyclic amines) is 1. The summed E-state index contributed by atoms with van der Waals surface area (Å²) >= 11 is 0. The van der Waals surface area contributed by atoms with Crippen LogP contribution in [0.15, 0.2) is 0 Å². The number of fused-ring (bicyclic) bond motifs is 2. The summed E-state index contributed by atoms with van der Waals surface area (Å²) in [5.41, 5.74) is 6.66. The molecule has 3 fully saturated rings. The van der Waals surface area contributed by atoms with Gasteiger partial charge in [-0.15, -0.1) is 0 Å². The molecule has 2 heterocycles. The number of rotatable bonds is 3. The number of hydrogen-bond donors (Lipinski definition) is 1. The molecule has 1 saturated carbocycles. The van der Waals surface area contributed by atoms with E-state index >= 15 is 0 Å². The molecule has 0 aromatic rings. The van der Waals surface area contributed by atoms with E-state index in [1.165, 1.54) is 38.5 Å². The molecule has 3 rings (SSSR count). The van der Waals surface area contributed by atoms with Crippen molar-refractivity contribution in [1.29, 1.82) is 0 Å². The molecular weight excluding hydrogens is 260 g/mol. The zero-order valence-electron chi connectivity index (χ0n) is 14.2. The first-order valence-electron chi connectivity index (χ1n) is 9.07. The Morgan fingerprint density at radius 3 is 2.05 bits per heavy atom. The second kappa shape index (κ2) is 6.17. The lowest BCUT2D eigenvalue weighted by Gasteiger charge is -2.45. The smallest absolute Gasteiger partial charge is 0.0707 e. The molecule has 3 aliphatic rings. The molecule has 3 heteroatoms. The molecule has 3 nitrogen and oxygen atoms in total. The van der Waals surface area contributed by atoms with Gasteiger partial charge in [-0.1, -0.05) is 20.8 Å². The fourth-order valence-electron chi connectivity index (χ4n) is 4.93. The van der Waals surface area contributed by atoms with Crippen molar-refractivity contribution in [3.05, 3.63) is 0 Å². The van der Waals surface area contributed by atoms with Gasteiger partial charge in [0.05, 0.1) is 12.2 Å². The van der Waals surface area contributed by atoms with E-state index in [4.69, 9.17) is 10.5 Å². The van der Waals surface area contributed by atoms with E-state index in [2.05, 4.69) is 25.7 Å². The van der Waals surface area contributed by atoms with Crippen LogP contribution in [-0.4, -0.2) is 42.8 Å². The Bertz CT molecular complexity index is 332. The topological polar surface area (TPSA) is 38.5 Å². The van der Waals surface area contributed by atoms with E-state index in [0.717, 1.165) is 31.5 Å². The minimum absolute atomic E-state index is 0.473. The molecule has 2 bridgehead atoms. The van der Waals surface area contributed by atoms with Gasteiger partial charge in [0.15, 0.2) is 0 Å². The van der Waals surface area contributed by atoms with Gasteiger partial charge in [-0.3, -0.25) is 4.90 Å². The SMILES string of the molecule is CC(C)(C)C1CCC(C(CN)N2CC3CCC(C2)O3)CC1. The summed E-state index contributed by atoms with van der Waals surface area (Å²) in [6.45, 7) is 10.3. The van der Waals surface area contributed by atoms with Crippen molar-refractivity contribution in [2.24, 2.45) is 23.0 Å². The van der Waals surface area contributed by atoms with Gasteiger partial charge in [-0.05, 0) is 55.8 Å². The Morgan fingerprint density at radius 1 is 1.00 bits per heavy atom. The van der Waals surface area contributed by atoms with Gasteiger partial charge in [0.25, 0.3) is 0 Å². The summed E-state index contributed by atoms with van der Waals surface area (Å²) in [5, 5.41) is 0. The zero-order chi connectivity index (χ0) is 15.0. The maximum Gasteiger partial charge on any atom is 0.0707 e. The standard InChI is InChI=1S/C18H34N2O/c1-18(2,3)14-6-4-13(5-7-14)17(10-19)20-11-15-8-9-16(12-20)21-15/h13-17H,4-12,19H2,1-3H3. The highest BCUT2D eigenvalue weighted by Gasteiger charge is 2.40. The second-order valence-corrected chi connectivity index (χ2v) is 8.69. The van der Waals surface area contributed by atoms with Gasteiger partial charge < -0.3 is 10.5 Å². The van der Waals surface area contributed by atoms with E-state index < -0.39 is 0 Å². The minimum atomic E-state index is 0.473. The van der Waals surface area contributed by atoms with Crippen LogP contribution in [0.1, 0.15) is 59.3 Å². The van der Waals surface area contributed by atoms with Crippen molar-refractivity contribution < 1.29 is 4.74 Å². The number of nitrogens with zero attached hydrogens (tertiary/aromatic N) is 1. The molecule has 2 N–H and O–H groups in total. The van der Waals surface area contributed by atoms with Crippen LogP contribution in [0.4, 0.5) is 0 Å². The van der Waals surface area contributed by atoms with E-state index in [0.29, 0.717) is 23.7 Å². The molecule has 122 valence electrons. The van der Waals surface area contributed by atoms with Crippen LogP contribution in [0.25, 0.3) is 0 Å². The summed E-state index contributed by atoms with van der Waals surface area (Å²) in [5.74, 6) is 1.71. The molecule has 0 amide bonds. The maximum absolute atomic E-state index is 6.18. The zero-order valence-corrected chi connectivity index (χ0v) is 14.2. The van der Waals surface area contributed by atoms with E-state index in [9.17, 15) is 0 Å². The first kappa shape index (κ1) is 15.8. The van der Waals surface area contributed by atoms with E-state index in [1.807, 2.05) is 0 Å². The van der Waals surface area contributed by atoms with E-state index in [1.54, 1.807) is 0 Å². The molecular formula is C18H34N2O. The predicted octanol–water partition coefficient (Wildman–Crippen LogP) is 3.03. The number of morpholine rings is 1. The molecule has 2 aliphatic heterocycles. The molecule has 3 unspecified atom stereocenters. The second-order valence-electron chi connectivity index (χ2n) is 8.69. The third-order valence-corrected chi connectivity index (χ3v) is 6.32. The minimum Gasteiger partial charge on any atom is -0.372 e. The molecule has 1 aliphatic carbocycles. The van der Waals surface area contributed by atoms with Gasteiger partial charge in [-0.25, -0.2) is 0 Å². The summed E-state index contributed by atoms with van der Waals surface area (Å²) in [4.78, 5) is 2.67. The average molecular weight is 294 g/mol. The van der Waals surface area contributed by atoms with Gasteiger partial charge in [0.1, 0.15) is 0 Å². The normalized spacial score (nSPS) is 39.4. The van der Waals surface area contributed by atoms with Crippen molar-refractivity contribution >= 4 is 0 Å². The van der Waals surface area contributed by atoms with Crippen LogP contribution >= 0.6 is 0 Å².